The van der Waals surface area contributed by atoms with Crippen LogP contribution in [0.2, 0.25) is 0 Å². The zero-order valence-corrected chi connectivity index (χ0v) is 15.2. The first-order valence-electron chi connectivity index (χ1n) is 8.84. The van der Waals surface area contributed by atoms with Gasteiger partial charge in [0.1, 0.15) is 11.5 Å². The van der Waals surface area contributed by atoms with Gasteiger partial charge in [-0.25, -0.2) is 0 Å². The second-order valence-electron chi connectivity index (χ2n) is 6.15. The average molecular weight is 341 g/mol. The lowest BCUT2D eigenvalue weighted by Gasteiger charge is -2.11. The second-order valence-corrected chi connectivity index (χ2v) is 6.15. The highest BCUT2D eigenvalue weighted by Gasteiger charge is 2.07. The summed E-state index contributed by atoms with van der Waals surface area (Å²) in [4.78, 5) is 12.1. The Bertz CT molecular complexity index is 665. The molecule has 0 bridgehead atoms. The van der Waals surface area contributed by atoms with Gasteiger partial charge in [-0.1, -0.05) is 38.1 Å². The summed E-state index contributed by atoms with van der Waals surface area (Å²) in [6, 6.07) is 15.6. The molecule has 0 aliphatic rings. The lowest BCUT2D eigenvalue weighted by Crippen LogP contribution is -2.13. The number of carbonyl (C=O) groups is 1. The van der Waals surface area contributed by atoms with Gasteiger partial charge in [-0.2, -0.15) is 0 Å². The van der Waals surface area contributed by atoms with Crippen molar-refractivity contribution in [2.24, 2.45) is 0 Å². The van der Waals surface area contributed by atoms with Crippen LogP contribution < -0.4 is 14.8 Å². The molecule has 2 aromatic carbocycles. The van der Waals surface area contributed by atoms with Gasteiger partial charge in [0.05, 0.1) is 18.9 Å². The standard InChI is InChI=1S/C21H27NO3/c1-4-24-20-9-6-5-8-19(20)22-21(23)10-7-15-25-18-13-11-17(12-14-18)16(2)3/h5-6,8-9,11-14,16H,4,7,10,15H2,1-3H3,(H,22,23). The summed E-state index contributed by atoms with van der Waals surface area (Å²) < 4.78 is 11.2. The summed E-state index contributed by atoms with van der Waals surface area (Å²) in [7, 11) is 0. The quantitative estimate of drug-likeness (QED) is 0.652. The Kier molecular flexibility index (Phi) is 7.33. The maximum Gasteiger partial charge on any atom is 0.224 e. The van der Waals surface area contributed by atoms with Crippen molar-refractivity contribution in [3.63, 3.8) is 0 Å². The molecule has 1 amide bonds. The number of ether oxygens (including phenoxy) is 2. The van der Waals surface area contributed by atoms with Crippen LogP contribution in [-0.4, -0.2) is 19.1 Å². The van der Waals surface area contributed by atoms with E-state index in [-0.39, 0.29) is 5.91 Å². The van der Waals surface area contributed by atoms with E-state index in [0.717, 1.165) is 5.75 Å². The molecular formula is C21H27NO3. The van der Waals surface area contributed by atoms with Crippen molar-refractivity contribution in [1.29, 1.82) is 0 Å². The second kappa shape index (κ2) is 9.72. The number of anilines is 1. The van der Waals surface area contributed by atoms with Crippen molar-refractivity contribution in [1.82, 2.24) is 0 Å². The Balaban J connectivity index is 1.73. The van der Waals surface area contributed by atoms with Crippen LogP contribution in [0.1, 0.15) is 45.1 Å². The minimum atomic E-state index is -0.0362. The van der Waals surface area contributed by atoms with Crippen molar-refractivity contribution >= 4 is 11.6 Å². The van der Waals surface area contributed by atoms with E-state index in [2.05, 4.69) is 31.3 Å². The van der Waals surface area contributed by atoms with Crippen LogP contribution in [0, 0.1) is 0 Å². The van der Waals surface area contributed by atoms with E-state index in [0.29, 0.717) is 43.4 Å². The number of rotatable bonds is 9. The maximum absolute atomic E-state index is 12.1. The molecule has 0 spiro atoms. The highest BCUT2D eigenvalue weighted by atomic mass is 16.5. The number of para-hydroxylation sites is 2. The molecule has 0 saturated carbocycles. The van der Waals surface area contributed by atoms with Gasteiger partial charge in [0.2, 0.25) is 5.91 Å². The van der Waals surface area contributed by atoms with Crippen molar-refractivity contribution in [2.45, 2.75) is 39.5 Å². The Morgan fingerprint density at radius 3 is 2.44 bits per heavy atom. The van der Waals surface area contributed by atoms with Gasteiger partial charge in [0.25, 0.3) is 0 Å². The Hall–Kier alpha value is -2.49. The highest BCUT2D eigenvalue weighted by Crippen LogP contribution is 2.24. The molecule has 4 nitrogen and oxygen atoms in total. The lowest BCUT2D eigenvalue weighted by molar-refractivity contribution is -0.116. The van der Waals surface area contributed by atoms with Gasteiger partial charge >= 0.3 is 0 Å². The van der Waals surface area contributed by atoms with Crippen LogP contribution in [-0.2, 0) is 4.79 Å². The molecule has 0 unspecified atom stereocenters. The van der Waals surface area contributed by atoms with Crippen molar-refractivity contribution < 1.29 is 14.3 Å². The van der Waals surface area contributed by atoms with E-state index in [1.165, 1.54) is 5.56 Å². The molecule has 2 aromatic rings. The number of benzene rings is 2. The molecule has 134 valence electrons. The van der Waals surface area contributed by atoms with Gasteiger partial charge < -0.3 is 14.8 Å². The first-order valence-corrected chi connectivity index (χ1v) is 8.84. The predicted octanol–water partition coefficient (Wildman–Crippen LogP) is 5.01. The minimum Gasteiger partial charge on any atom is -0.494 e. The summed E-state index contributed by atoms with van der Waals surface area (Å²) in [5.74, 6) is 2.01. The fourth-order valence-electron chi connectivity index (χ4n) is 2.44. The summed E-state index contributed by atoms with van der Waals surface area (Å²) in [5, 5.41) is 2.89. The SMILES string of the molecule is CCOc1ccccc1NC(=O)CCCOc1ccc(C(C)C)cc1. The molecule has 0 fully saturated rings. The molecule has 0 saturated heterocycles. The van der Waals surface area contributed by atoms with Crippen LogP contribution in [0.15, 0.2) is 48.5 Å². The lowest BCUT2D eigenvalue weighted by atomic mass is 10.0. The molecule has 0 aromatic heterocycles. The van der Waals surface area contributed by atoms with Crippen LogP contribution in [0.25, 0.3) is 0 Å². The third kappa shape index (κ3) is 6.14. The molecule has 0 heterocycles. The number of hydrogen-bond acceptors (Lipinski definition) is 3. The summed E-state index contributed by atoms with van der Waals surface area (Å²) >= 11 is 0. The van der Waals surface area contributed by atoms with E-state index < -0.39 is 0 Å². The Morgan fingerprint density at radius 1 is 1.04 bits per heavy atom. The Labute approximate surface area is 150 Å². The average Bonchev–Trinajstić information content (AvgIpc) is 2.61. The summed E-state index contributed by atoms with van der Waals surface area (Å²) in [6.07, 6.45) is 1.07. The van der Waals surface area contributed by atoms with E-state index in [9.17, 15) is 4.79 Å². The zero-order chi connectivity index (χ0) is 18.1. The van der Waals surface area contributed by atoms with Crippen molar-refractivity contribution in [2.75, 3.05) is 18.5 Å². The van der Waals surface area contributed by atoms with E-state index in [1.54, 1.807) is 0 Å². The zero-order valence-electron chi connectivity index (χ0n) is 15.2. The maximum atomic E-state index is 12.1. The fraction of sp³-hybridized carbons (Fsp3) is 0.381. The largest absolute Gasteiger partial charge is 0.494 e. The van der Waals surface area contributed by atoms with Gasteiger partial charge in [-0.3, -0.25) is 4.79 Å². The molecule has 0 atom stereocenters. The van der Waals surface area contributed by atoms with Crippen LogP contribution >= 0.6 is 0 Å². The number of nitrogens with one attached hydrogen (secondary N) is 1. The Morgan fingerprint density at radius 2 is 1.76 bits per heavy atom. The van der Waals surface area contributed by atoms with E-state index >= 15 is 0 Å². The molecule has 0 aliphatic carbocycles. The molecule has 0 aliphatic heterocycles. The third-order valence-electron chi connectivity index (χ3n) is 3.82. The monoisotopic (exact) mass is 341 g/mol. The minimum absolute atomic E-state index is 0.0362. The van der Waals surface area contributed by atoms with Gasteiger partial charge in [-0.15, -0.1) is 0 Å². The van der Waals surface area contributed by atoms with E-state index in [1.807, 2.05) is 43.3 Å². The van der Waals surface area contributed by atoms with Crippen LogP contribution in [0.5, 0.6) is 11.5 Å². The molecule has 2 rings (SSSR count). The normalized spacial score (nSPS) is 10.6. The molecule has 25 heavy (non-hydrogen) atoms. The molecule has 1 N–H and O–H groups in total. The highest BCUT2D eigenvalue weighted by molar-refractivity contribution is 5.92. The first kappa shape index (κ1) is 18.8. The molecule has 4 heteroatoms. The van der Waals surface area contributed by atoms with Gasteiger partial charge in [0, 0.05) is 6.42 Å². The fourth-order valence-corrected chi connectivity index (χ4v) is 2.44. The van der Waals surface area contributed by atoms with Crippen molar-refractivity contribution in [3.05, 3.63) is 54.1 Å². The first-order chi connectivity index (χ1) is 12.1. The van der Waals surface area contributed by atoms with Crippen LogP contribution in [0.3, 0.4) is 0 Å². The number of carbonyl (C=O) groups excluding carboxylic acids is 1. The van der Waals surface area contributed by atoms with Gasteiger partial charge in [0.15, 0.2) is 0 Å². The molecule has 0 radical (unpaired) electrons. The van der Waals surface area contributed by atoms with Gasteiger partial charge in [-0.05, 0) is 49.1 Å². The topological polar surface area (TPSA) is 47.6 Å². The summed E-state index contributed by atoms with van der Waals surface area (Å²) in [5.41, 5.74) is 2.00. The predicted molar refractivity (Wildman–Crippen MR) is 102 cm³/mol. The third-order valence-corrected chi connectivity index (χ3v) is 3.82. The summed E-state index contributed by atoms with van der Waals surface area (Å²) in [6.45, 7) is 7.33. The van der Waals surface area contributed by atoms with Crippen molar-refractivity contribution in [3.8, 4) is 11.5 Å². The smallest absolute Gasteiger partial charge is 0.224 e. The van der Waals surface area contributed by atoms with Crippen LogP contribution in [0.4, 0.5) is 5.69 Å². The van der Waals surface area contributed by atoms with E-state index in [4.69, 9.17) is 9.47 Å². The molecular weight excluding hydrogens is 314 g/mol. The number of amides is 1. The number of hydrogen-bond donors (Lipinski definition) is 1.